The average molecular weight is 562 g/mol. The third-order valence-corrected chi connectivity index (χ3v) is 8.31. The van der Waals surface area contributed by atoms with Gasteiger partial charge in [0.05, 0.1) is 5.69 Å². The number of amides is 3. The van der Waals surface area contributed by atoms with Gasteiger partial charge in [0.25, 0.3) is 5.91 Å². The number of hydrogen-bond donors (Lipinski definition) is 3. The van der Waals surface area contributed by atoms with Crippen LogP contribution in [0.5, 0.6) is 0 Å². The van der Waals surface area contributed by atoms with Gasteiger partial charge in [0, 0.05) is 24.5 Å². The maximum atomic E-state index is 13.4. The molecule has 3 heterocycles. The highest BCUT2D eigenvalue weighted by Gasteiger charge is 2.35. The Kier molecular flexibility index (Phi) is 8.97. The Labute approximate surface area is 240 Å². The Balaban J connectivity index is 1.43. The predicted molar refractivity (Wildman–Crippen MR) is 154 cm³/mol. The summed E-state index contributed by atoms with van der Waals surface area (Å²) in [7, 11) is 0. The largest absolute Gasteiger partial charge is 0.457 e. The highest BCUT2D eigenvalue weighted by Crippen LogP contribution is 2.27. The lowest BCUT2D eigenvalue weighted by molar-refractivity contribution is -0.157. The van der Waals surface area contributed by atoms with Gasteiger partial charge in [-0.05, 0) is 74.6 Å². The summed E-state index contributed by atoms with van der Waals surface area (Å²) in [4.78, 5) is 57.3. The lowest BCUT2D eigenvalue weighted by Crippen LogP contribution is -2.61. The number of rotatable bonds is 1. The minimum absolute atomic E-state index is 0.00573. The molecular formula is C31H39N5O5. The average Bonchev–Trinajstić information content (AvgIpc) is 2.99. The quantitative estimate of drug-likeness (QED) is 0.456. The van der Waals surface area contributed by atoms with Crippen LogP contribution in [0, 0.1) is 5.92 Å². The third-order valence-electron chi connectivity index (χ3n) is 8.31. The molecule has 4 atom stereocenters. The fourth-order valence-corrected chi connectivity index (χ4v) is 5.94. The van der Waals surface area contributed by atoms with Crippen molar-refractivity contribution in [2.24, 2.45) is 5.92 Å². The van der Waals surface area contributed by atoms with E-state index >= 15 is 0 Å². The summed E-state index contributed by atoms with van der Waals surface area (Å²) in [5.41, 5.74) is 4.55. The maximum absolute atomic E-state index is 13.4. The molecule has 1 aliphatic carbocycles. The highest BCUT2D eigenvalue weighted by molar-refractivity contribution is 5.92. The van der Waals surface area contributed by atoms with E-state index in [1.54, 1.807) is 25.3 Å². The molecule has 3 amide bonds. The number of hydrazine groups is 1. The summed E-state index contributed by atoms with van der Waals surface area (Å²) < 4.78 is 5.81. The highest BCUT2D eigenvalue weighted by atomic mass is 16.5. The Bertz CT molecular complexity index is 1340. The number of carbonyl (C=O) groups is 4. The number of carbonyl (C=O) groups excluding carboxylic acids is 4. The zero-order valence-electron chi connectivity index (χ0n) is 23.7. The molecule has 1 saturated heterocycles. The first kappa shape index (κ1) is 28.7. The number of hydrogen-bond acceptors (Lipinski definition) is 7. The van der Waals surface area contributed by atoms with E-state index < -0.39 is 30.2 Å². The number of aromatic nitrogens is 1. The maximum Gasteiger partial charge on any atom is 0.325 e. The molecule has 0 unspecified atom stereocenters. The van der Waals surface area contributed by atoms with Crippen molar-refractivity contribution in [1.82, 2.24) is 26.1 Å². The van der Waals surface area contributed by atoms with E-state index in [1.165, 1.54) is 5.01 Å². The van der Waals surface area contributed by atoms with Crippen LogP contribution in [0.2, 0.25) is 0 Å². The summed E-state index contributed by atoms with van der Waals surface area (Å²) in [6, 6.07) is 5.50. The number of esters is 1. The van der Waals surface area contributed by atoms with Gasteiger partial charge in [0.1, 0.15) is 24.2 Å². The van der Waals surface area contributed by atoms with Crippen molar-refractivity contribution in [1.29, 1.82) is 0 Å². The molecule has 2 fully saturated rings. The zero-order chi connectivity index (χ0) is 28.9. The van der Waals surface area contributed by atoms with Crippen LogP contribution in [0.1, 0.15) is 82.6 Å². The minimum atomic E-state index is -0.843. The Morgan fingerprint density at radius 2 is 1.73 bits per heavy atom. The Hall–Kier alpha value is -3.79. The smallest absolute Gasteiger partial charge is 0.325 e. The molecule has 1 aromatic heterocycles. The summed E-state index contributed by atoms with van der Waals surface area (Å²) in [6.45, 7) is 3.86. The van der Waals surface area contributed by atoms with E-state index in [4.69, 9.17) is 4.74 Å². The molecule has 1 saturated carbocycles. The van der Waals surface area contributed by atoms with Crippen molar-refractivity contribution in [2.45, 2.75) is 89.4 Å². The molecule has 5 bridgehead atoms. The molecule has 218 valence electrons. The van der Waals surface area contributed by atoms with Gasteiger partial charge in [0.2, 0.25) is 11.8 Å². The van der Waals surface area contributed by atoms with E-state index in [2.05, 4.69) is 21.0 Å². The molecule has 1 aromatic carbocycles. The standard InChI is InChI=1S/C31H39N5O5/c1-19-30(39)36-15-7-11-26(35-36)31(40)41-20(2)22-13-14-23-18-32-25(17-24(23)16-22)10-6-12-27(37)34-28(29(38)33-19)21-8-4-3-5-9-21/h6,10,13-14,16-21,26,28,35H,3-5,7-9,11-12,15H2,1-2H3,(H,33,38)(H,34,37)/b10-6+/t19-,20+,26-,28-/m0/s1. The second kappa shape index (κ2) is 12.8. The van der Waals surface area contributed by atoms with Crippen molar-refractivity contribution in [2.75, 3.05) is 6.54 Å². The first-order chi connectivity index (χ1) is 19.8. The monoisotopic (exact) mass is 561 g/mol. The number of nitrogens with one attached hydrogen (secondary N) is 3. The molecular weight excluding hydrogens is 522 g/mol. The molecule has 0 spiro atoms. The Morgan fingerprint density at radius 1 is 0.927 bits per heavy atom. The van der Waals surface area contributed by atoms with Crippen molar-refractivity contribution < 1.29 is 23.9 Å². The van der Waals surface area contributed by atoms with Gasteiger partial charge < -0.3 is 15.4 Å². The fraction of sp³-hybridized carbons (Fsp3) is 0.516. The number of pyridine rings is 1. The normalized spacial score (nSPS) is 28.1. The molecule has 3 N–H and O–H groups in total. The summed E-state index contributed by atoms with van der Waals surface area (Å²) in [5.74, 6) is -1.40. The molecule has 0 radical (unpaired) electrons. The van der Waals surface area contributed by atoms with Crippen molar-refractivity contribution in [3.8, 4) is 0 Å². The van der Waals surface area contributed by atoms with Crippen molar-refractivity contribution in [3.63, 3.8) is 0 Å². The number of nitrogens with zero attached hydrogens (tertiary/aromatic N) is 2. The van der Waals surface area contributed by atoms with E-state index in [0.29, 0.717) is 25.1 Å². The lowest BCUT2D eigenvalue weighted by Gasteiger charge is -2.35. The number of cyclic esters (lactones) is 1. The van der Waals surface area contributed by atoms with Gasteiger partial charge in [0.15, 0.2) is 0 Å². The van der Waals surface area contributed by atoms with Crippen LogP contribution in [-0.2, 0) is 23.9 Å². The van der Waals surface area contributed by atoms with E-state index in [9.17, 15) is 19.2 Å². The third kappa shape index (κ3) is 6.93. The molecule has 41 heavy (non-hydrogen) atoms. The van der Waals surface area contributed by atoms with Crippen LogP contribution in [0.15, 0.2) is 36.5 Å². The van der Waals surface area contributed by atoms with E-state index in [0.717, 1.165) is 48.4 Å². The van der Waals surface area contributed by atoms with Gasteiger partial charge in [-0.1, -0.05) is 37.5 Å². The van der Waals surface area contributed by atoms with Crippen LogP contribution in [0.25, 0.3) is 16.8 Å². The number of ether oxygens (including phenoxy) is 1. The minimum Gasteiger partial charge on any atom is -0.457 e. The van der Waals surface area contributed by atoms with Crippen LogP contribution in [0.3, 0.4) is 0 Å². The topological polar surface area (TPSA) is 130 Å². The van der Waals surface area contributed by atoms with E-state index in [-0.39, 0.29) is 30.1 Å². The second-order valence-corrected chi connectivity index (χ2v) is 11.4. The zero-order valence-corrected chi connectivity index (χ0v) is 23.7. The summed E-state index contributed by atoms with van der Waals surface area (Å²) >= 11 is 0. The second-order valence-electron chi connectivity index (χ2n) is 11.4. The van der Waals surface area contributed by atoms with Crippen LogP contribution >= 0.6 is 0 Å². The van der Waals surface area contributed by atoms with Gasteiger partial charge in [-0.15, -0.1) is 0 Å². The first-order valence-electron chi connectivity index (χ1n) is 14.7. The lowest BCUT2D eigenvalue weighted by atomic mass is 9.83. The molecule has 10 heteroatoms. The summed E-state index contributed by atoms with van der Waals surface area (Å²) in [5, 5.41) is 9.05. The van der Waals surface area contributed by atoms with Gasteiger partial charge in [-0.2, -0.15) is 0 Å². The molecule has 10 nitrogen and oxygen atoms in total. The molecule has 5 rings (SSSR count). The summed E-state index contributed by atoms with van der Waals surface area (Å²) in [6.07, 6.45) is 10.8. The number of benzene rings is 1. The molecule has 2 aromatic rings. The van der Waals surface area contributed by atoms with Crippen LogP contribution in [-0.4, -0.2) is 58.4 Å². The first-order valence-corrected chi connectivity index (χ1v) is 14.7. The Morgan fingerprint density at radius 3 is 2.54 bits per heavy atom. The number of fused-ring (bicyclic) bond motifs is 4. The molecule has 3 aliphatic rings. The van der Waals surface area contributed by atoms with Crippen molar-refractivity contribution in [3.05, 3.63) is 47.8 Å². The van der Waals surface area contributed by atoms with Gasteiger partial charge in [-0.25, -0.2) is 5.43 Å². The fourth-order valence-electron chi connectivity index (χ4n) is 5.94. The molecule has 2 aliphatic heterocycles. The van der Waals surface area contributed by atoms with Crippen molar-refractivity contribution >= 4 is 40.5 Å². The van der Waals surface area contributed by atoms with E-state index in [1.807, 2.05) is 31.2 Å². The van der Waals surface area contributed by atoms with Gasteiger partial charge in [-0.3, -0.25) is 29.2 Å². The SMILES string of the molecule is C[C@@H]1NC(=O)[C@H](C2CCCCC2)NC(=O)C/C=C/c2cc3cc(ccc3cn2)[C@@H](C)OC(=O)[C@@H]2CCCN(N2)C1=O. The van der Waals surface area contributed by atoms with Crippen LogP contribution in [0.4, 0.5) is 0 Å². The van der Waals surface area contributed by atoms with Gasteiger partial charge >= 0.3 is 5.97 Å². The predicted octanol–water partition coefficient (Wildman–Crippen LogP) is 3.32. The van der Waals surface area contributed by atoms with Crippen LogP contribution < -0.4 is 16.1 Å².